The summed E-state index contributed by atoms with van der Waals surface area (Å²) in [5.41, 5.74) is 6.69. The summed E-state index contributed by atoms with van der Waals surface area (Å²) in [6, 6.07) is 6.41. The van der Waals surface area contributed by atoms with Gasteiger partial charge in [0.05, 0.1) is 12.7 Å². The van der Waals surface area contributed by atoms with Crippen LogP contribution < -0.4 is 5.73 Å². The second kappa shape index (κ2) is 5.73. The zero-order valence-electron chi connectivity index (χ0n) is 11.0. The van der Waals surface area contributed by atoms with Gasteiger partial charge in [0, 0.05) is 12.2 Å². The van der Waals surface area contributed by atoms with Crippen LogP contribution >= 0.6 is 0 Å². The summed E-state index contributed by atoms with van der Waals surface area (Å²) in [6.45, 7) is 0.562. The van der Waals surface area contributed by atoms with E-state index in [9.17, 15) is 9.59 Å². The molecule has 1 atom stereocenters. The number of hydrogen-bond donors (Lipinski definition) is 1. The second-order valence-electron chi connectivity index (χ2n) is 4.62. The lowest BCUT2D eigenvalue weighted by molar-refractivity contribution is -0.147. The van der Waals surface area contributed by atoms with Crippen molar-refractivity contribution in [2.75, 3.05) is 19.4 Å². The van der Waals surface area contributed by atoms with Gasteiger partial charge in [-0.15, -0.1) is 0 Å². The maximum Gasteiger partial charge on any atom is 0.328 e. The number of nitrogens with two attached hydrogens (primary N) is 1. The summed E-state index contributed by atoms with van der Waals surface area (Å²) in [7, 11) is 1.34. The van der Waals surface area contributed by atoms with Crippen LogP contribution in [0.5, 0.6) is 0 Å². The average Bonchev–Trinajstić information content (AvgIpc) is 2.46. The van der Waals surface area contributed by atoms with Gasteiger partial charge < -0.3 is 15.4 Å². The summed E-state index contributed by atoms with van der Waals surface area (Å²) in [5, 5.41) is 0. The quantitative estimate of drug-likeness (QED) is 0.646. The minimum atomic E-state index is -0.495. The van der Waals surface area contributed by atoms with Crippen LogP contribution in [-0.2, 0) is 9.53 Å². The number of nitrogen functional groups attached to an aromatic ring is 1. The summed E-state index contributed by atoms with van der Waals surface area (Å²) in [5.74, 6) is -0.559. The first kappa shape index (κ1) is 13.4. The van der Waals surface area contributed by atoms with Gasteiger partial charge in [-0.3, -0.25) is 4.79 Å². The number of nitrogens with zero attached hydrogens (tertiary/aromatic N) is 1. The number of rotatable bonds is 2. The van der Waals surface area contributed by atoms with Gasteiger partial charge in [-0.2, -0.15) is 0 Å². The van der Waals surface area contributed by atoms with Crippen LogP contribution in [0.15, 0.2) is 24.3 Å². The smallest absolute Gasteiger partial charge is 0.328 e. The molecule has 0 aromatic heterocycles. The number of amides is 1. The van der Waals surface area contributed by atoms with Crippen molar-refractivity contribution in [3.8, 4) is 0 Å². The van der Waals surface area contributed by atoms with E-state index in [0.29, 0.717) is 24.2 Å². The summed E-state index contributed by atoms with van der Waals surface area (Å²) in [4.78, 5) is 25.8. The van der Waals surface area contributed by atoms with E-state index in [1.165, 1.54) is 7.11 Å². The maximum absolute atomic E-state index is 12.5. The zero-order chi connectivity index (χ0) is 13.8. The Morgan fingerprint density at radius 2 is 2.05 bits per heavy atom. The topological polar surface area (TPSA) is 72.6 Å². The second-order valence-corrected chi connectivity index (χ2v) is 4.62. The highest BCUT2D eigenvalue weighted by Gasteiger charge is 2.33. The van der Waals surface area contributed by atoms with E-state index >= 15 is 0 Å². The highest BCUT2D eigenvalue weighted by molar-refractivity contribution is 6.01. The third-order valence-corrected chi connectivity index (χ3v) is 3.43. The minimum Gasteiger partial charge on any atom is -0.467 e. The van der Waals surface area contributed by atoms with Gasteiger partial charge in [0.15, 0.2) is 0 Å². The highest BCUT2D eigenvalue weighted by atomic mass is 16.5. The standard InChI is InChI=1S/C14H18N2O3/c1-19-14(18)12-8-4-5-9-16(12)13(17)10-6-2-3-7-11(10)15/h2-3,6-7,12H,4-5,8-9,15H2,1H3. The molecule has 1 unspecified atom stereocenters. The molecule has 1 aliphatic heterocycles. The molecule has 1 aliphatic rings. The first-order valence-corrected chi connectivity index (χ1v) is 6.38. The van der Waals surface area contributed by atoms with Crippen LogP contribution in [0.3, 0.4) is 0 Å². The van der Waals surface area contributed by atoms with E-state index in [1.54, 1.807) is 29.2 Å². The van der Waals surface area contributed by atoms with Gasteiger partial charge in [0.2, 0.25) is 0 Å². The average molecular weight is 262 g/mol. The summed E-state index contributed by atoms with van der Waals surface area (Å²) in [6.07, 6.45) is 2.46. The number of carbonyl (C=O) groups is 2. The van der Waals surface area contributed by atoms with Crippen LogP contribution in [0.1, 0.15) is 29.6 Å². The molecule has 1 aromatic carbocycles. The highest BCUT2D eigenvalue weighted by Crippen LogP contribution is 2.22. The van der Waals surface area contributed by atoms with Crippen molar-refractivity contribution in [3.63, 3.8) is 0 Å². The number of methoxy groups -OCH3 is 1. The lowest BCUT2D eigenvalue weighted by atomic mass is 10.0. The SMILES string of the molecule is COC(=O)C1CCCCN1C(=O)c1ccccc1N. The Morgan fingerprint density at radius 3 is 2.74 bits per heavy atom. The van der Waals surface area contributed by atoms with Gasteiger partial charge in [-0.1, -0.05) is 12.1 Å². The zero-order valence-corrected chi connectivity index (χ0v) is 11.0. The fraction of sp³-hybridized carbons (Fsp3) is 0.429. The first-order valence-electron chi connectivity index (χ1n) is 6.38. The molecular formula is C14H18N2O3. The van der Waals surface area contributed by atoms with E-state index in [1.807, 2.05) is 0 Å². The molecule has 0 bridgehead atoms. The molecule has 1 saturated heterocycles. The van der Waals surface area contributed by atoms with Gasteiger partial charge in [0.1, 0.15) is 6.04 Å². The van der Waals surface area contributed by atoms with Gasteiger partial charge in [-0.05, 0) is 31.4 Å². The normalized spacial score (nSPS) is 19.0. The monoisotopic (exact) mass is 262 g/mol. The Kier molecular flexibility index (Phi) is 4.04. The van der Waals surface area contributed by atoms with Gasteiger partial charge in [0.25, 0.3) is 5.91 Å². The van der Waals surface area contributed by atoms with Gasteiger partial charge in [-0.25, -0.2) is 4.79 Å². The molecule has 5 heteroatoms. The third kappa shape index (κ3) is 2.70. The van der Waals surface area contributed by atoms with Gasteiger partial charge >= 0.3 is 5.97 Å². The van der Waals surface area contributed by atoms with Crippen molar-refractivity contribution >= 4 is 17.6 Å². The van der Waals surface area contributed by atoms with Crippen LogP contribution in [-0.4, -0.2) is 36.5 Å². The van der Waals surface area contributed by atoms with E-state index in [4.69, 9.17) is 10.5 Å². The van der Waals surface area contributed by atoms with Crippen LogP contribution in [0.4, 0.5) is 5.69 Å². The molecule has 2 N–H and O–H groups in total. The summed E-state index contributed by atoms with van der Waals surface area (Å²) >= 11 is 0. The molecule has 1 heterocycles. The molecule has 0 aliphatic carbocycles. The number of para-hydroxylation sites is 1. The number of likely N-dealkylation sites (tertiary alicyclic amines) is 1. The van der Waals surface area contributed by atoms with E-state index in [-0.39, 0.29) is 11.9 Å². The van der Waals surface area contributed by atoms with Crippen molar-refractivity contribution in [3.05, 3.63) is 29.8 Å². The Balaban J connectivity index is 2.25. The van der Waals surface area contributed by atoms with Crippen molar-refractivity contribution in [1.82, 2.24) is 4.90 Å². The Morgan fingerprint density at radius 1 is 1.32 bits per heavy atom. The Labute approximate surface area is 112 Å². The molecular weight excluding hydrogens is 244 g/mol. The number of anilines is 1. The fourth-order valence-corrected chi connectivity index (χ4v) is 2.40. The molecule has 102 valence electrons. The predicted octanol–water partition coefficient (Wildman–Crippen LogP) is 1.44. The Bertz CT molecular complexity index is 487. The van der Waals surface area contributed by atoms with Crippen molar-refractivity contribution in [1.29, 1.82) is 0 Å². The number of carbonyl (C=O) groups excluding carboxylic acids is 2. The fourth-order valence-electron chi connectivity index (χ4n) is 2.40. The first-order chi connectivity index (χ1) is 9.15. The third-order valence-electron chi connectivity index (χ3n) is 3.43. The van der Waals surface area contributed by atoms with Crippen LogP contribution in [0.25, 0.3) is 0 Å². The number of ether oxygens (including phenoxy) is 1. The number of piperidine rings is 1. The molecule has 1 amide bonds. The van der Waals surface area contributed by atoms with Crippen molar-refractivity contribution in [2.45, 2.75) is 25.3 Å². The molecule has 2 rings (SSSR count). The van der Waals surface area contributed by atoms with Crippen molar-refractivity contribution < 1.29 is 14.3 Å². The molecule has 0 spiro atoms. The number of esters is 1. The molecule has 0 radical (unpaired) electrons. The minimum absolute atomic E-state index is 0.201. The van der Waals surface area contributed by atoms with Crippen LogP contribution in [0, 0.1) is 0 Å². The lowest BCUT2D eigenvalue weighted by Gasteiger charge is -2.34. The van der Waals surface area contributed by atoms with E-state index < -0.39 is 6.04 Å². The lowest BCUT2D eigenvalue weighted by Crippen LogP contribution is -2.48. The largest absolute Gasteiger partial charge is 0.467 e. The molecule has 5 nitrogen and oxygen atoms in total. The van der Waals surface area contributed by atoms with Crippen LogP contribution in [0.2, 0.25) is 0 Å². The maximum atomic E-state index is 12.5. The van der Waals surface area contributed by atoms with Crippen molar-refractivity contribution in [2.24, 2.45) is 0 Å². The molecule has 19 heavy (non-hydrogen) atoms. The predicted molar refractivity (Wildman–Crippen MR) is 71.5 cm³/mol. The van der Waals surface area contributed by atoms with E-state index in [2.05, 4.69) is 0 Å². The number of benzene rings is 1. The summed E-state index contributed by atoms with van der Waals surface area (Å²) < 4.78 is 4.77. The molecule has 0 saturated carbocycles. The Hall–Kier alpha value is -2.04. The number of hydrogen-bond acceptors (Lipinski definition) is 4. The molecule has 1 fully saturated rings. The van der Waals surface area contributed by atoms with E-state index in [0.717, 1.165) is 12.8 Å². The molecule has 1 aromatic rings.